The van der Waals surface area contributed by atoms with Crippen molar-refractivity contribution in [1.29, 1.82) is 0 Å². The fourth-order valence-corrected chi connectivity index (χ4v) is 3.64. The van der Waals surface area contributed by atoms with Crippen molar-refractivity contribution in [2.45, 2.75) is 25.8 Å². The van der Waals surface area contributed by atoms with Gasteiger partial charge in [0.15, 0.2) is 0 Å². The second-order valence-electron chi connectivity index (χ2n) is 7.79. The van der Waals surface area contributed by atoms with Crippen LogP contribution in [0.15, 0.2) is 72.9 Å². The van der Waals surface area contributed by atoms with Gasteiger partial charge in [-0.1, -0.05) is 42.5 Å². The topological polar surface area (TPSA) is 48.1 Å². The van der Waals surface area contributed by atoms with Crippen molar-refractivity contribution in [3.63, 3.8) is 0 Å². The first-order valence-electron chi connectivity index (χ1n) is 10.6. The van der Waals surface area contributed by atoms with Crippen LogP contribution in [0.25, 0.3) is 0 Å². The molecule has 2 aromatic carbocycles. The zero-order valence-corrected chi connectivity index (χ0v) is 18.0. The first-order valence-corrected chi connectivity index (χ1v) is 10.6. The summed E-state index contributed by atoms with van der Waals surface area (Å²) in [6.07, 6.45) is 1.44. The molecule has 0 saturated heterocycles. The maximum absolute atomic E-state index is 13.5. The SMILES string of the molecule is COCC[NH+](Cc1cccn1Cc1cccc(F)c1)C[C@@H](O)COCc1ccccc1. The predicted octanol–water partition coefficient (Wildman–Crippen LogP) is 2.28. The lowest BCUT2D eigenvalue weighted by Crippen LogP contribution is -3.12. The molecular weight excluding hydrogens is 395 g/mol. The van der Waals surface area contributed by atoms with Gasteiger partial charge in [0.1, 0.15) is 31.6 Å². The minimum Gasteiger partial charge on any atom is -0.385 e. The Morgan fingerprint density at radius 3 is 2.61 bits per heavy atom. The monoisotopic (exact) mass is 427 g/mol. The van der Waals surface area contributed by atoms with Crippen LogP contribution < -0.4 is 4.90 Å². The molecule has 6 heteroatoms. The Hall–Kier alpha value is -2.51. The molecule has 3 rings (SSSR count). The number of hydrogen-bond donors (Lipinski definition) is 2. The normalized spacial score (nSPS) is 13.3. The molecule has 0 aliphatic rings. The molecule has 2 N–H and O–H groups in total. The van der Waals surface area contributed by atoms with E-state index in [4.69, 9.17) is 9.47 Å². The maximum Gasteiger partial charge on any atom is 0.126 e. The van der Waals surface area contributed by atoms with Gasteiger partial charge in [0.2, 0.25) is 0 Å². The first-order chi connectivity index (χ1) is 15.1. The van der Waals surface area contributed by atoms with Crippen LogP contribution >= 0.6 is 0 Å². The van der Waals surface area contributed by atoms with E-state index >= 15 is 0 Å². The number of benzene rings is 2. The van der Waals surface area contributed by atoms with Crippen LogP contribution in [0.1, 0.15) is 16.8 Å². The lowest BCUT2D eigenvalue weighted by atomic mass is 10.2. The highest BCUT2D eigenvalue weighted by Crippen LogP contribution is 2.09. The number of aliphatic hydroxyl groups is 1. The van der Waals surface area contributed by atoms with E-state index in [0.29, 0.717) is 26.3 Å². The zero-order valence-electron chi connectivity index (χ0n) is 18.0. The molecule has 0 aliphatic heterocycles. The summed E-state index contributed by atoms with van der Waals surface area (Å²) < 4.78 is 26.6. The molecular formula is C25H32FN2O3+. The number of halogens is 1. The van der Waals surface area contributed by atoms with Gasteiger partial charge in [-0.3, -0.25) is 0 Å². The first kappa shape index (κ1) is 23.2. The van der Waals surface area contributed by atoms with Crippen molar-refractivity contribution >= 4 is 0 Å². The van der Waals surface area contributed by atoms with E-state index < -0.39 is 6.10 Å². The fourth-order valence-electron chi connectivity index (χ4n) is 3.64. The lowest BCUT2D eigenvalue weighted by Gasteiger charge is -2.23. The molecule has 31 heavy (non-hydrogen) atoms. The smallest absolute Gasteiger partial charge is 0.126 e. The van der Waals surface area contributed by atoms with Crippen molar-refractivity contribution in [3.05, 3.63) is 95.6 Å². The van der Waals surface area contributed by atoms with E-state index in [1.807, 2.05) is 48.7 Å². The third-order valence-electron chi connectivity index (χ3n) is 5.20. The Kier molecular flexibility index (Phi) is 9.24. The summed E-state index contributed by atoms with van der Waals surface area (Å²) in [6.45, 7) is 4.07. The fraction of sp³-hybridized carbons (Fsp3) is 0.360. The highest BCUT2D eigenvalue weighted by atomic mass is 19.1. The quantitative estimate of drug-likeness (QED) is 0.440. The molecule has 166 valence electrons. The third-order valence-corrected chi connectivity index (χ3v) is 5.20. The Morgan fingerprint density at radius 1 is 1.03 bits per heavy atom. The number of rotatable bonds is 13. The molecule has 0 radical (unpaired) electrons. The van der Waals surface area contributed by atoms with Crippen LogP contribution in [0, 0.1) is 5.82 Å². The number of nitrogens with one attached hydrogen (secondary N) is 1. The standard InChI is InChI=1S/C25H31FN2O3/c1-30-14-13-27(18-25(29)20-31-19-21-7-3-2-4-8-21)17-24-11-6-12-28(24)16-22-9-5-10-23(26)15-22/h2-12,15,25,29H,13-14,16-20H2,1H3/p+1/t25-/m1/s1. The van der Waals surface area contributed by atoms with Crippen LogP contribution in [0.5, 0.6) is 0 Å². The zero-order chi connectivity index (χ0) is 21.9. The van der Waals surface area contributed by atoms with Crippen molar-refractivity contribution in [1.82, 2.24) is 4.57 Å². The predicted molar refractivity (Wildman–Crippen MR) is 118 cm³/mol. The molecule has 0 fully saturated rings. The number of aromatic nitrogens is 1. The van der Waals surface area contributed by atoms with Crippen LogP contribution in [0.3, 0.4) is 0 Å². The lowest BCUT2D eigenvalue weighted by molar-refractivity contribution is -0.917. The Morgan fingerprint density at radius 2 is 1.84 bits per heavy atom. The molecule has 1 unspecified atom stereocenters. The van der Waals surface area contributed by atoms with Crippen molar-refractivity contribution < 1.29 is 23.9 Å². The Bertz CT molecular complexity index is 901. The van der Waals surface area contributed by atoms with Gasteiger partial charge in [0, 0.05) is 19.9 Å². The van der Waals surface area contributed by atoms with E-state index in [9.17, 15) is 9.50 Å². The highest BCUT2D eigenvalue weighted by Gasteiger charge is 2.18. The molecule has 0 spiro atoms. The molecule has 5 nitrogen and oxygen atoms in total. The summed E-state index contributed by atoms with van der Waals surface area (Å²) in [5.41, 5.74) is 3.14. The molecule has 0 saturated carbocycles. The van der Waals surface area contributed by atoms with E-state index in [1.165, 1.54) is 11.0 Å². The Balaban J connectivity index is 1.55. The summed E-state index contributed by atoms with van der Waals surface area (Å²) in [4.78, 5) is 1.21. The number of quaternary nitrogens is 1. The van der Waals surface area contributed by atoms with E-state index in [2.05, 4.69) is 10.6 Å². The van der Waals surface area contributed by atoms with E-state index in [1.54, 1.807) is 19.2 Å². The van der Waals surface area contributed by atoms with Gasteiger partial charge < -0.3 is 24.0 Å². The molecule has 2 atom stereocenters. The number of nitrogens with zero attached hydrogens (tertiary/aromatic N) is 1. The largest absolute Gasteiger partial charge is 0.385 e. The van der Waals surface area contributed by atoms with Crippen LogP contribution in [-0.4, -0.2) is 49.2 Å². The molecule has 3 aromatic rings. The summed E-state index contributed by atoms with van der Waals surface area (Å²) in [5.74, 6) is -0.225. The van der Waals surface area contributed by atoms with Crippen LogP contribution in [-0.2, 0) is 29.2 Å². The number of methoxy groups -OCH3 is 1. The average Bonchev–Trinajstić information content (AvgIpc) is 3.19. The van der Waals surface area contributed by atoms with Crippen LogP contribution in [0.2, 0.25) is 0 Å². The molecule has 0 aliphatic carbocycles. The van der Waals surface area contributed by atoms with E-state index in [0.717, 1.165) is 29.9 Å². The minimum absolute atomic E-state index is 0.225. The second kappa shape index (κ2) is 12.4. The molecule has 0 amide bonds. The molecule has 1 heterocycles. The minimum atomic E-state index is -0.567. The number of ether oxygens (including phenoxy) is 2. The van der Waals surface area contributed by atoms with Crippen molar-refractivity contribution in [2.75, 3.05) is 33.4 Å². The van der Waals surface area contributed by atoms with Gasteiger partial charge >= 0.3 is 0 Å². The van der Waals surface area contributed by atoms with Crippen molar-refractivity contribution in [2.24, 2.45) is 0 Å². The summed E-state index contributed by atoms with van der Waals surface area (Å²) in [6, 6.07) is 20.7. The van der Waals surface area contributed by atoms with Gasteiger partial charge in [0.25, 0.3) is 0 Å². The third kappa shape index (κ3) is 7.92. The molecule has 0 bridgehead atoms. The summed E-state index contributed by atoms with van der Waals surface area (Å²) >= 11 is 0. The summed E-state index contributed by atoms with van der Waals surface area (Å²) in [7, 11) is 1.68. The maximum atomic E-state index is 13.5. The van der Waals surface area contributed by atoms with Gasteiger partial charge in [-0.2, -0.15) is 0 Å². The average molecular weight is 428 g/mol. The van der Waals surface area contributed by atoms with Gasteiger partial charge in [-0.25, -0.2) is 4.39 Å². The van der Waals surface area contributed by atoms with Crippen LogP contribution in [0.4, 0.5) is 4.39 Å². The van der Waals surface area contributed by atoms with E-state index in [-0.39, 0.29) is 12.4 Å². The van der Waals surface area contributed by atoms with Crippen molar-refractivity contribution in [3.8, 4) is 0 Å². The molecule has 1 aromatic heterocycles. The van der Waals surface area contributed by atoms with Gasteiger partial charge in [0.05, 0.1) is 25.5 Å². The summed E-state index contributed by atoms with van der Waals surface area (Å²) in [5, 5.41) is 10.5. The number of hydrogen-bond acceptors (Lipinski definition) is 3. The van der Waals surface area contributed by atoms with Gasteiger partial charge in [-0.15, -0.1) is 0 Å². The Labute approximate surface area is 183 Å². The highest BCUT2D eigenvalue weighted by molar-refractivity contribution is 5.18. The second-order valence-corrected chi connectivity index (χ2v) is 7.79. The number of aliphatic hydroxyl groups excluding tert-OH is 1. The van der Waals surface area contributed by atoms with Gasteiger partial charge in [-0.05, 0) is 35.4 Å².